The molecule has 1 saturated heterocycles. The average molecular weight is 336 g/mol. The molecule has 24 heavy (non-hydrogen) atoms. The number of carbonyl (C=O) groups is 1. The highest BCUT2D eigenvalue weighted by Gasteiger charge is 2.42. The van der Waals surface area contributed by atoms with Crippen LogP contribution in [0.15, 0.2) is 30.3 Å². The Balaban J connectivity index is 2.05. The zero-order valence-electron chi connectivity index (χ0n) is 14.6. The van der Waals surface area contributed by atoms with Crippen LogP contribution in [0.3, 0.4) is 0 Å². The molecule has 134 valence electrons. The van der Waals surface area contributed by atoms with Crippen molar-refractivity contribution in [3.8, 4) is 0 Å². The number of amides is 1. The molecule has 1 heterocycles. The second kappa shape index (κ2) is 7.51. The summed E-state index contributed by atoms with van der Waals surface area (Å²) in [5.74, 6) is 0. The van der Waals surface area contributed by atoms with Crippen LogP contribution in [0.2, 0.25) is 0 Å². The van der Waals surface area contributed by atoms with E-state index >= 15 is 0 Å². The molecule has 0 aliphatic carbocycles. The van der Waals surface area contributed by atoms with Gasteiger partial charge in [-0.15, -0.1) is 0 Å². The van der Waals surface area contributed by atoms with E-state index in [-0.39, 0.29) is 6.54 Å². The van der Waals surface area contributed by atoms with Crippen LogP contribution in [0.25, 0.3) is 0 Å². The molecule has 1 aromatic rings. The normalized spacial score (nSPS) is 23.8. The lowest BCUT2D eigenvalue weighted by Crippen LogP contribution is -2.52. The van der Waals surface area contributed by atoms with E-state index in [4.69, 9.17) is 10.5 Å². The molecule has 0 saturated carbocycles. The number of β-amino-alcohol motifs (C(OH)–C–C–N with tert-alkyl or cyclic N) is 1. The number of likely N-dealkylation sites (tertiary alicyclic amines) is 1. The van der Waals surface area contributed by atoms with Gasteiger partial charge in [-0.25, -0.2) is 4.79 Å². The summed E-state index contributed by atoms with van der Waals surface area (Å²) in [4.78, 5) is 13.7. The summed E-state index contributed by atoms with van der Waals surface area (Å²) in [7, 11) is 0. The van der Waals surface area contributed by atoms with Gasteiger partial charge in [0.15, 0.2) is 0 Å². The second-order valence-corrected chi connectivity index (χ2v) is 7.43. The molecule has 1 amide bonds. The van der Waals surface area contributed by atoms with Crippen LogP contribution in [0.4, 0.5) is 4.79 Å². The van der Waals surface area contributed by atoms with E-state index < -0.39 is 36.0 Å². The highest BCUT2D eigenvalue weighted by molar-refractivity contribution is 5.69. The molecule has 1 aliphatic heterocycles. The molecule has 0 unspecified atom stereocenters. The van der Waals surface area contributed by atoms with Gasteiger partial charge < -0.3 is 20.7 Å². The monoisotopic (exact) mass is 336 g/mol. The van der Waals surface area contributed by atoms with Crippen molar-refractivity contribution < 1.29 is 19.7 Å². The summed E-state index contributed by atoms with van der Waals surface area (Å²) in [6, 6.07) is 8.56. The number of benzene rings is 1. The Morgan fingerprint density at radius 2 is 2.00 bits per heavy atom. The lowest BCUT2D eigenvalue weighted by atomic mass is 9.95. The van der Waals surface area contributed by atoms with E-state index in [0.29, 0.717) is 12.8 Å². The Hall–Kier alpha value is -1.63. The molecule has 0 bridgehead atoms. The largest absolute Gasteiger partial charge is 0.444 e. The predicted octanol–water partition coefficient (Wildman–Crippen LogP) is 1.29. The zero-order valence-corrected chi connectivity index (χ0v) is 14.6. The average Bonchev–Trinajstić information content (AvgIpc) is 2.88. The summed E-state index contributed by atoms with van der Waals surface area (Å²) >= 11 is 0. The maximum Gasteiger partial charge on any atom is 0.410 e. The highest BCUT2D eigenvalue weighted by Crippen LogP contribution is 2.25. The van der Waals surface area contributed by atoms with Crippen molar-refractivity contribution in [2.24, 2.45) is 5.73 Å². The van der Waals surface area contributed by atoms with Crippen molar-refractivity contribution in [1.29, 1.82) is 0 Å². The molecule has 0 radical (unpaired) electrons. The van der Waals surface area contributed by atoms with Crippen LogP contribution >= 0.6 is 0 Å². The summed E-state index contributed by atoms with van der Waals surface area (Å²) in [5, 5.41) is 20.6. The molecule has 6 heteroatoms. The molecule has 1 fully saturated rings. The summed E-state index contributed by atoms with van der Waals surface area (Å²) < 4.78 is 5.37. The number of hydrogen-bond acceptors (Lipinski definition) is 5. The molecular weight excluding hydrogens is 308 g/mol. The molecule has 1 aromatic carbocycles. The minimum atomic E-state index is -0.935. The molecule has 4 atom stereocenters. The van der Waals surface area contributed by atoms with E-state index in [0.717, 1.165) is 5.56 Å². The van der Waals surface area contributed by atoms with Crippen molar-refractivity contribution in [2.75, 3.05) is 6.54 Å². The molecule has 4 N–H and O–H groups in total. The van der Waals surface area contributed by atoms with Crippen LogP contribution in [0.1, 0.15) is 32.8 Å². The van der Waals surface area contributed by atoms with Gasteiger partial charge in [0.05, 0.1) is 24.8 Å². The summed E-state index contributed by atoms with van der Waals surface area (Å²) in [6.45, 7) is 5.49. The van der Waals surface area contributed by atoms with Crippen LogP contribution in [0, 0.1) is 0 Å². The Kier molecular flexibility index (Phi) is 5.85. The predicted molar refractivity (Wildman–Crippen MR) is 91.5 cm³/mol. The topological polar surface area (TPSA) is 96.0 Å². The zero-order chi connectivity index (χ0) is 17.9. The Labute approximate surface area is 143 Å². The Morgan fingerprint density at radius 3 is 2.58 bits per heavy atom. The number of ether oxygens (including phenoxy) is 1. The van der Waals surface area contributed by atoms with E-state index in [1.165, 1.54) is 4.90 Å². The van der Waals surface area contributed by atoms with Gasteiger partial charge in [0, 0.05) is 6.04 Å². The number of nitrogens with zero attached hydrogens (tertiary/aromatic N) is 1. The summed E-state index contributed by atoms with van der Waals surface area (Å²) in [6.07, 6.45) is -1.36. The van der Waals surface area contributed by atoms with Crippen molar-refractivity contribution >= 4 is 6.09 Å². The van der Waals surface area contributed by atoms with Gasteiger partial charge in [-0.1, -0.05) is 30.3 Å². The van der Waals surface area contributed by atoms with Crippen molar-refractivity contribution in [3.63, 3.8) is 0 Å². The maximum atomic E-state index is 12.3. The van der Waals surface area contributed by atoms with Gasteiger partial charge in [0.25, 0.3) is 0 Å². The van der Waals surface area contributed by atoms with Gasteiger partial charge in [0.2, 0.25) is 0 Å². The number of nitrogens with two attached hydrogens (primary N) is 1. The fourth-order valence-corrected chi connectivity index (χ4v) is 2.99. The standard InChI is InChI=1S/C18H28N2O4/c1-18(2,3)24-17(23)20-11-13(21)10-15(20)16(22)14(19)9-12-7-5-4-6-8-12/h4-8,13-16,21-22H,9-11,19H2,1-3H3/t13-,14+,15-,16+/m1/s1. The van der Waals surface area contributed by atoms with E-state index in [2.05, 4.69) is 0 Å². The molecule has 0 aromatic heterocycles. The first-order valence-corrected chi connectivity index (χ1v) is 8.32. The van der Waals surface area contributed by atoms with Gasteiger partial charge in [0.1, 0.15) is 5.60 Å². The number of aliphatic hydroxyl groups excluding tert-OH is 2. The van der Waals surface area contributed by atoms with Gasteiger partial charge in [-0.2, -0.15) is 0 Å². The minimum Gasteiger partial charge on any atom is -0.444 e. The van der Waals surface area contributed by atoms with Gasteiger partial charge in [-0.05, 0) is 39.2 Å². The molecule has 0 spiro atoms. The third kappa shape index (κ3) is 4.93. The maximum absolute atomic E-state index is 12.3. The van der Waals surface area contributed by atoms with Crippen molar-refractivity contribution in [2.45, 2.75) is 63.5 Å². The summed E-state index contributed by atoms with van der Waals surface area (Å²) in [5.41, 5.74) is 6.54. The lowest BCUT2D eigenvalue weighted by Gasteiger charge is -2.33. The Morgan fingerprint density at radius 1 is 1.38 bits per heavy atom. The van der Waals surface area contributed by atoms with Crippen LogP contribution in [0.5, 0.6) is 0 Å². The number of carbonyl (C=O) groups excluding carboxylic acids is 1. The van der Waals surface area contributed by atoms with Crippen LogP contribution in [-0.2, 0) is 11.2 Å². The quantitative estimate of drug-likeness (QED) is 0.770. The molecule has 1 aliphatic rings. The van der Waals surface area contributed by atoms with E-state index in [1.54, 1.807) is 20.8 Å². The number of aliphatic hydroxyl groups is 2. The van der Waals surface area contributed by atoms with Crippen LogP contribution < -0.4 is 5.73 Å². The third-order valence-corrected chi connectivity index (χ3v) is 4.10. The molecular formula is C18H28N2O4. The molecule has 2 rings (SSSR count). The van der Waals surface area contributed by atoms with Gasteiger partial charge >= 0.3 is 6.09 Å². The number of hydrogen-bond donors (Lipinski definition) is 3. The Bertz CT molecular complexity index is 544. The first-order valence-electron chi connectivity index (χ1n) is 8.32. The minimum absolute atomic E-state index is 0.148. The highest BCUT2D eigenvalue weighted by atomic mass is 16.6. The lowest BCUT2D eigenvalue weighted by molar-refractivity contribution is 0.000524. The SMILES string of the molecule is CC(C)(C)OC(=O)N1C[C@H](O)C[C@@H]1[C@@H](O)[C@@H](N)Cc1ccccc1. The first kappa shape index (κ1) is 18.7. The van der Waals surface area contributed by atoms with Crippen molar-refractivity contribution in [1.82, 2.24) is 4.90 Å². The van der Waals surface area contributed by atoms with E-state index in [9.17, 15) is 15.0 Å². The fourth-order valence-electron chi connectivity index (χ4n) is 2.99. The van der Waals surface area contributed by atoms with E-state index in [1.807, 2.05) is 30.3 Å². The molecule has 6 nitrogen and oxygen atoms in total. The first-order chi connectivity index (χ1) is 11.2. The smallest absolute Gasteiger partial charge is 0.410 e. The van der Waals surface area contributed by atoms with Gasteiger partial charge in [-0.3, -0.25) is 4.90 Å². The third-order valence-electron chi connectivity index (χ3n) is 4.10. The van der Waals surface area contributed by atoms with Crippen molar-refractivity contribution in [3.05, 3.63) is 35.9 Å². The number of rotatable bonds is 4. The fraction of sp³-hybridized carbons (Fsp3) is 0.611. The van der Waals surface area contributed by atoms with Crippen LogP contribution in [-0.4, -0.2) is 57.6 Å². The second-order valence-electron chi connectivity index (χ2n) is 7.43.